The molecule has 2 amide bonds. The smallest absolute Gasteiger partial charge is 0.332 e. The molecule has 1 fully saturated rings. The minimum Gasteiger partial charge on any atom is -0.381 e. The molecule has 1 aliphatic rings. The molecule has 0 aromatic rings. The molecule has 1 saturated heterocycles. The minimum absolute atomic E-state index is 0.330. The Morgan fingerprint density at radius 2 is 2.50 bits per heavy atom. The van der Waals surface area contributed by atoms with Gasteiger partial charge < -0.3 is 10.5 Å². The third-order valence-electron chi connectivity index (χ3n) is 1.86. The zero-order chi connectivity index (χ0) is 8.97. The summed E-state index contributed by atoms with van der Waals surface area (Å²) in [5.74, 6) is 0.330. The van der Waals surface area contributed by atoms with Crippen molar-refractivity contribution in [3.63, 3.8) is 0 Å². The zero-order valence-electron chi connectivity index (χ0n) is 7.04. The lowest BCUT2D eigenvalue weighted by Gasteiger charge is -2.05. The van der Waals surface area contributed by atoms with E-state index in [4.69, 9.17) is 10.5 Å². The van der Waals surface area contributed by atoms with Crippen molar-refractivity contribution in [2.45, 2.75) is 13.3 Å². The van der Waals surface area contributed by atoms with E-state index in [1.165, 1.54) is 0 Å². The van der Waals surface area contributed by atoms with Crippen molar-refractivity contribution in [2.75, 3.05) is 13.2 Å². The van der Waals surface area contributed by atoms with Crippen molar-refractivity contribution >= 4 is 11.7 Å². The molecule has 0 aromatic heterocycles. The van der Waals surface area contributed by atoms with Crippen LogP contribution in [0.25, 0.3) is 0 Å². The van der Waals surface area contributed by atoms with Gasteiger partial charge in [-0.3, -0.25) is 0 Å². The molecule has 1 heterocycles. The van der Waals surface area contributed by atoms with E-state index in [2.05, 4.69) is 10.5 Å². The number of nitrogens with one attached hydrogen (secondary N) is 1. The molecule has 0 saturated carbocycles. The topological polar surface area (TPSA) is 76.7 Å². The fourth-order valence-electron chi connectivity index (χ4n) is 1.10. The molecule has 0 aromatic carbocycles. The van der Waals surface area contributed by atoms with E-state index in [1.807, 2.05) is 6.92 Å². The molecular formula is C7H13N3O2. The van der Waals surface area contributed by atoms with Crippen LogP contribution in [-0.2, 0) is 4.74 Å². The molecule has 12 heavy (non-hydrogen) atoms. The maximum absolute atomic E-state index is 10.3. The van der Waals surface area contributed by atoms with Crippen LogP contribution < -0.4 is 11.2 Å². The van der Waals surface area contributed by atoms with Gasteiger partial charge in [0.05, 0.1) is 6.61 Å². The Morgan fingerprint density at radius 3 is 3.00 bits per heavy atom. The summed E-state index contributed by atoms with van der Waals surface area (Å²) >= 11 is 0. The normalized spacial score (nSPS) is 24.1. The SMILES string of the molecule is C/C(=N\NC(N)=O)C1CCOC1. The van der Waals surface area contributed by atoms with Crippen LogP contribution in [0.15, 0.2) is 5.10 Å². The third-order valence-corrected chi connectivity index (χ3v) is 1.86. The van der Waals surface area contributed by atoms with Crippen LogP contribution >= 0.6 is 0 Å². The largest absolute Gasteiger partial charge is 0.381 e. The van der Waals surface area contributed by atoms with E-state index < -0.39 is 6.03 Å². The maximum atomic E-state index is 10.3. The first-order valence-electron chi connectivity index (χ1n) is 3.87. The molecule has 1 rings (SSSR count). The van der Waals surface area contributed by atoms with E-state index in [1.54, 1.807) is 0 Å². The summed E-state index contributed by atoms with van der Waals surface area (Å²) in [5, 5.41) is 3.82. The molecule has 5 heteroatoms. The van der Waals surface area contributed by atoms with Crippen LogP contribution in [0.4, 0.5) is 4.79 Å². The van der Waals surface area contributed by atoms with Gasteiger partial charge in [-0.25, -0.2) is 10.2 Å². The van der Waals surface area contributed by atoms with Crippen LogP contribution in [0.2, 0.25) is 0 Å². The molecule has 1 unspecified atom stereocenters. The highest BCUT2D eigenvalue weighted by Crippen LogP contribution is 2.13. The molecule has 0 radical (unpaired) electrons. The molecule has 0 aliphatic carbocycles. The number of hydrogen-bond donors (Lipinski definition) is 2. The maximum Gasteiger partial charge on any atom is 0.332 e. The number of nitrogens with zero attached hydrogens (tertiary/aromatic N) is 1. The highest BCUT2D eigenvalue weighted by Gasteiger charge is 2.18. The second-order valence-corrected chi connectivity index (χ2v) is 2.79. The van der Waals surface area contributed by atoms with Crippen molar-refractivity contribution in [1.29, 1.82) is 0 Å². The van der Waals surface area contributed by atoms with Gasteiger partial charge in [0.15, 0.2) is 0 Å². The molecule has 1 aliphatic heterocycles. The fourth-order valence-corrected chi connectivity index (χ4v) is 1.10. The first kappa shape index (κ1) is 8.99. The average molecular weight is 171 g/mol. The lowest BCUT2D eigenvalue weighted by atomic mass is 10.0. The van der Waals surface area contributed by atoms with Crippen molar-refractivity contribution in [3.05, 3.63) is 0 Å². The Labute approximate surface area is 71.0 Å². The van der Waals surface area contributed by atoms with Crippen LogP contribution in [0.1, 0.15) is 13.3 Å². The second-order valence-electron chi connectivity index (χ2n) is 2.79. The van der Waals surface area contributed by atoms with Gasteiger partial charge in [-0.05, 0) is 13.3 Å². The number of hydrazone groups is 1. The molecule has 5 nitrogen and oxygen atoms in total. The lowest BCUT2D eigenvalue weighted by molar-refractivity contribution is 0.193. The van der Waals surface area contributed by atoms with Gasteiger partial charge in [-0.15, -0.1) is 0 Å². The summed E-state index contributed by atoms with van der Waals surface area (Å²) in [5.41, 5.74) is 7.91. The van der Waals surface area contributed by atoms with E-state index in [-0.39, 0.29) is 0 Å². The van der Waals surface area contributed by atoms with Crippen LogP contribution in [0.3, 0.4) is 0 Å². The number of urea groups is 1. The fraction of sp³-hybridized carbons (Fsp3) is 0.714. The first-order chi connectivity index (χ1) is 5.70. The number of amides is 2. The Balaban J connectivity index is 2.39. The summed E-state index contributed by atoms with van der Waals surface area (Å²) in [4.78, 5) is 10.3. The van der Waals surface area contributed by atoms with Gasteiger partial charge in [0.1, 0.15) is 0 Å². The number of hydrogen-bond acceptors (Lipinski definition) is 3. The Hall–Kier alpha value is -1.10. The van der Waals surface area contributed by atoms with Gasteiger partial charge in [-0.2, -0.15) is 5.10 Å². The van der Waals surface area contributed by atoms with Gasteiger partial charge in [-0.1, -0.05) is 0 Å². The van der Waals surface area contributed by atoms with Crippen LogP contribution in [-0.4, -0.2) is 25.0 Å². The summed E-state index contributed by atoms with van der Waals surface area (Å²) in [7, 11) is 0. The molecule has 1 atom stereocenters. The quantitative estimate of drug-likeness (QED) is 0.455. The van der Waals surface area contributed by atoms with E-state index in [0.29, 0.717) is 12.5 Å². The monoisotopic (exact) mass is 171 g/mol. The van der Waals surface area contributed by atoms with Crippen LogP contribution in [0, 0.1) is 5.92 Å². The third kappa shape index (κ3) is 2.50. The first-order valence-corrected chi connectivity index (χ1v) is 3.87. The van der Waals surface area contributed by atoms with E-state index in [9.17, 15) is 4.79 Å². The molecule has 68 valence electrons. The van der Waals surface area contributed by atoms with Crippen molar-refractivity contribution in [3.8, 4) is 0 Å². The number of rotatable bonds is 2. The molecule has 0 spiro atoms. The number of carbonyl (C=O) groups excluding carboxylic acids is 1. The van der Waals surface area contributed by atoms with E-state index >= 15 is 0 Å². The number of carbonyl (C=O) groups is 1. The van der Waals surface area contributed by atoms with Crippen LogP contribution in [0.5, 0.6) is 0 Å². The Morgan fingerprint density at radius 1 is 1.75 bits per heavy atom. The number of nitrogens with two attached hydrogens (primary N) is 1. The number of primary amides is 1. The summed E-state index contributed by atoms with van der Waals surface area (Å²) in [6.07, 6.45) is 0.968. The van der Waals surface area contributed by atoms with E-state index in [0.717, 1.165) is 18.7 Å². The second kappa shape index (κ2) is 4.06. The molecule has 0 bridgehead atoms. The number of ether oxygens (including phenoxy) is 1. The lowest BCUT2D eigenvalue weighted by Crippen LogP contribution is -2.27. The zero-order valence-corrected chi connectivity index (χ0v) is 7.04. The predicted octanol–water partition coefficient (Wildman–Crippen LogP) is 0.0671. The average Bonchev–Trinajstić information content (AvgIpc) is 2.51. The summed E-state index contributed by atoms with van der Waals surface area (Å²) < 4.78 is 5.16. The van der Waals surface area contributed by atoms with Crippen molar-refractivity contribution < 1.29 is 9.53 Å². The minimum atomic E-state index is -0.631. The van der Waals surface area contributed by atoms with Gasteiger partial charge >= 0.3 is 6.03 Å². The van der Waals surface area contributed by atoms with Gasteiger partial charge in [0.2, 0.25) is 0 Å². The van der Waals surface area contributed by atoms with Gasteiger partial charge in [0, 0.05) is 18.2 Å². The summed E-state index contributed by atoms with van der Waals surface area (Å²) in [6, 6.07) is -0.631. The standard InChI is InChI=1S/C7H13N3O2/c1-5(9-10-7(8)11)6-2-3-12-4-6/h6H,2-4H2,1H3,(H3,8,10,11)/b9-5+. The summed E-state index contributed by atoms with van der Waals surface area (Å²) in [6.45, 7) is 3.32. The molecular weight excluding hydrogens is 158 g/mol. The van der Waals surface area contributed by atoms with Crippen molar-refractivity contribution in [1.82, 2.24) is 5.43 Å². The highest BCUT2D eigenvalue weighted by atomic mass is 16.5. The van der Waals surface area contributed by atoms with Crippen molar-refractivity contribution in [2.24, 2.45) is 16.8 Å². The Bertz CT molecular complexity index is 197. The van der Waals surface area contributed by atoms with Gasteiger partial charge in [0.25, 0.3) is 0 Å². The molecule has 3 N–H and O–H groups in total. The Kier molecular flexibility index (Phi) is 3.04. The highest BCUT2D eigenvalue weighted by molar-refractivity contribution is 5.86. The predicted molar refractivity (Wildman–Crippen MR) is 44.8 cm³/mol.